The van der Waals surface area contributed by atoms with E-state index in [4.69, 9.17) is 0 Å². The molecule has 1 heterocycles. The van der Waals surface area contributed by atoms with Gasteiger partial charge in [0, 0.05) is 0 Å². The van der Waals surface area contributed by atoms with Crippen LogP contribution in [0, 0.1) is 13.8 Å². The molecule has 0 radical (unpaired) electrons. The third-order valence-electron chi connectivity index (χ3n) is 8.08. The molecule has 40 heavy (non-hydrogen) atoms. The van der Waals surface area contributed by atoms with Crippen LogP contribution in [0.2, 0.25) is 0 Å². The number of allylic oxidation sites excluding steroid dienone is 5. The van der Waals surface area contributed by atoms with E-state index in [1.165, 1.54) is 56.5 Å². The van der Waals surface area contributed by atoms with Gasteiger partial charge in [-0.2, -0.15) is 0 Å². The molecule has 0 saturated heterocycles. The number of aryl methyl sites for hydroxylation is 3. The van der Waals surface area contributed by atoms with Crippen molar-refractivity contribution in [1.29, 1.82) is 0 Å². The Hall–Kier alpha value is -3.48. The topological polar surface area (TPSA) is 4.93 Å². The van der Waals surface area contributed by atoms with Crippen molar-refractivity contribution in [3.8, 4) is 0 Å². The minimum absolute atomic E-state index is 0.592. The maximum atomic E-state index is 2.54. The molecule has 0 bridgehead atoms. The van der Waals surface area contributed by atoms with Gasteiger partial charge in [0.15, 0.2) is 0 Å². The van der Waals surface area contributed by atoms with Gasteiger partial charge in [0.05, 0.1) is 0 Å². The van der Waals surface area contributed by atoms with Crippen molar-refractivity contribution in [3.63, 3.8) is 0 Å². The standard InChI is InChI=1S/C19H16N.C14H14.C5H5.Zr/c1-13-14(2)20(19-10-6-5-9-18(13)19)17-11-15-7-3-4-8-16(15)12-17;1-3-7-13(8-4-1)11-12-14-9-5-2-6-10-14;1-2-4-5-3-1;/h3-12H,1-2H3;1-10H,11-12H2;1-3H,4H2;. The zero-order chi connectivity index (χ0) is 27.3. The third kappa shape index (κ3) is 5.70. The molecule has 0 fully saturated rings. The minimum atomic E-state index is -0.735. The van der Waals surface area contributed by atoms with E-state index < -0.39 is 23.2 Å². The number of benzene rings is 4. The molecular weight excluding hydrogens is 562 g/mol. The predicted octanol–water partition coefficient (Wildman–Crippen LogP) is 9.71. The Kier molecular flexibility index (Phi) is 8.26. The molecular formula is C38H35NZr. The van der Waals surface area contributed by atoms with Crippen LogP contribution in [-0.2, 0) is 36.1 Å². The average molecular weight is 597 g/mol. The van der Waals surface area contributed by atoms with Crippen LogP contribution in [0.4, 0.5) is 0 Å². The molecule has 0 N–H and O–H groups in total. The molecule has 0 spiro atoms. The fourth-order valence-electron chi connectivity index (χ4n) is 5.83. The fraction of sp³-hybridized carbons (Fsp3) is 0.158. The second kappa shape index (κ2) is 12.4. The van der Waals surface area contributed by atoms with Gasteiger partial charge in [-0.15, -0.1) is 0 Å². The van der Waals surface area contributed by atoms with Crippen molar-refractivity contribution >= 4 is 22.7 Å². The minimum Gasteiger partial charge on any atom is -0.0622 e. The Labute approximate surface area is 250 Å². The first kappa shape index (κ1) is 26.7. The van der Waals surface area contributed by atoms with Crippen molar-refractivity contribution < 1.29 is 23.2 Å². The molecule has 0 aliphatic heterocycles. The SMILES string of the molecule is Cc1c(C)n(C2=Cc3ccccc3[CH]2[Zr][C]2=CC=CC2)c2ccccc12.c1ccc(CCc2ccccc2)cc1. The van der Waals surface area contributed by atoms with Crippen LogP contribution in [0.5, 0.6) is 0 Å². The van der Waals surface area contributed by atoms with Gasteiger partial charge in [-0.1, -0.05) is 60.7 Å². The first-order valence-electron chi connectivity index (χ1n) is 14.3. The zero-order valence-electron chi connectivity index (χ0n) is 23.3. The first-order valence-corrected chi connectivity index (χ1v) is 16.9. The quantitative estimate of drug-likeness (QED) is 0.184. The summed E-state index contributed by atoms with van der Waals surface area (Å²) in [7, 11) is 0. The summed E-state index contributed by atoms with van der Waals surface area (Å²) in [4.78, 5) is 0. The van der Waals surface area contributed by atoms with Crippen LogP contribution in [0.15, 0.2) is 131 Å². The van der Waals surface area contributed by atoms with Gasteiger partial charge in [0.1, 0.15) is 0 Å². The first-order chi connectivity index (χ1) is 19.7. The van der Waals surface area contributed by atoms with Crippen molar-refractivity contribution in [2.75, 3.05) is 0 Å². The molecule has 4 aromatic carbocycles. The summed E-state index contributed by atoms with van der Waals surface area (Å²) >= 11 is -0.735. The maximum absolute atomic E-state index is 2.54. The molecule has 1 aromatic heterocycles. The molecule has 0 amide bonds. The molecule has 2 heteroatoms. The third-order valence-corrected chi connectivity index (χ3v) is 12.1. The van der Waals surface area contributed by atoms with E-state index in [2.05, 4.69) is 152 Å². The van der Waals surface area contributed by atoms with Crippen molar-refractivity contribution in [2.45, 2.75) is 36.7 Å². The molecule has 5 aromatic rings. The van der Waals surface area contributed by atoms with Crippen LogP contribution in [0.25, 0.3) is 22.7 Å². The second-order valence-corrected chi connectivity index (χ2v) is 14.3. The smallest absolute Gasteiger partial charge is 0.0238 e. The average Bonchev–Trinajstić information content (AvgIpc) is 3.71. The van der Waals surface area contributed by atoms with E-state index in [0.717, 1.165) is 12.8 Å². The second-order valence-electron chi connectivity index (χ2n) is 10.6. The summed E-state index contributed by atoms with van der Waals surface area (Å²) in [5, 5.41) is 1.38. The fourth-order valence-corrected chi connectivity index (χ4v) is 9.71. The monoisotopic (exact) mass is 595 g/mol. The molecule has 7 rings (SSSR count). The van der Waals surface area contributed by atoms with Crippen LogP contribution in [0.3, 0.4) is 0 Å². The Balaban J connectivity index is 0.000000175. The number of hydrogen-bond donors (Lipinski definition) is 0. The van der Waals surface area contributed by atoms with Gasteiger partial charge in [-0.3, -0.25) is 0 Å². The van der Waals surface area contributed by atoms with Gasteiger partial charge in [-0.25, -0.2) is 0 Å². The maximum Gasteiger partial charge on any atom is -0.0238 e. The number of hydrogen-bond acceptors (Lipinski definition) is 0. The van der Waals surface area contributed by atoms with E-state index in [1.807, 2.05) is 0 Å². The number of rotatable bonds is 6. The number of fused-ring (bicyclic) bond motifs is 2. The Bertz CT molecular complexity index is 1660. The van der Waals surface area contributed by atoms with Gasteiger partial charge in [-0.05, 0) is 24.0 Å². The van der Waals surface area contributed by atoms with E-state index >= 15 is 0 Å². The Morgan fingerprint density at radius 3 is 2.02 bits per heavy atom. The van der Waals surface area contributed by atoms with Crippen LogP contribution in [0.1, 0.15) is 43.6 Å². The van der Waals surface area contributed by atoms with Crippen LogP contribution in [-0.4, -0.2) is 4.57 Å². The Morgan fingerprint density at radius 1 is 0.725 bits per heavy atom. The molecule has 1 atom stereocenters. The number of nitrogens with zero attached hydrogens (tertiary/aromatic N) is 1. The number of para-hydroxylation sites is 1. The summed E-state index contributed by atoms with van der Waals surface area (Å²) < 4.78 is 4.83. The largest absolute Gasteiger partial charge is 0.0622 e. The molecule has 196 valence electrons. The number of aromatic nitrogens is 1. The summed E-state index contributed by atoms with van der Waals surface area (Å²) in [6.45, 7) is 4.53. The van der Waals surface area contributed by atoms with Gasteiger partial charge < -0.3 is 0 Å². The van der Waals surface area contributed by atoms with E-state index in [0.29, 0.717) is 3.63 Å². The van der Waals surface area contributed by atoms with Crippen molar-refractivity contribution in [2.24, 2.45) is 0 Å². The molecule has 2 aliphatic carbocycles. The zero-order valence-corrected chi connectivity index (χ0v) is 25.8. The van der Waals surface area contributed by atoms with Gasteiger partial charge in [0.2, 0.25) is 0 Å². The Morgan fingerprint density at radius 2 is 1.35 bits per heavy atom. The van der Waals surface area contributed by atoms with E-state index in [-0.39, 0.29) is 0 Å². The van der Waals surface area contributed by atoms with Crippen molar-refractivity contribution in [1.82, 2.24) is 4.57 Å². The summed E-state index contributed by atoms with van der Waals surface area (Å²) in [5.41, 5.74) is 11.4. The van der Waals surface area contributed by atoms with Crippen molar-refractivity contribution in [3.05, 3.63) is 164 Å². The van der Waals surface area contributed by atoms with Crippen LogP contribution >= 0.6 is 0 Å². The summed E-state index contributed by atoms with van der Waals surface area (Å²) in [5.74, 6) is 0. The van der Waals surface area contributed by atoms with Gasteiger partial charge in [0.25, 0.3) is 0 Å². The molecule has 0 saturated carbocycles. The predicted molar refractivity (Wildman–Crippen MR) is 167 cm³/mol. The summed E-state index contributed by atoms with van der Waals surface area (Å²) in [6.07, 6.45) is 12.8. The van der Waals surface area contributed by atoms with Gasteiger partial charge >= 0.3 is 167 Å². The molecule has 2 aliphatic rings. The molecule has 1 nitrogen and oxygen atoms in total. The summed E-state index contributed by atoms with van der Waals surface area (Å²) in [6, 6.07) is 39.1. The van der Waals surface area contributed by atoms with E-state index in [9.17, 15) is 0 Å². The van der Waals surface area contributed by atoms with Crippen LogP contribution < -0.4 is 0 Å². The normalized spacial score (nSPS) is 15.3. The molecule has 1 unspecified atom stereocenters. The van der Waals surface area contributed by atoms with E-state index in [1.54, 1.807) is 3.28 Å².